The lowest BCUT2D eigenvalue weighted by molar-refractivity contribution is -0.166. The fourth-order valence-electron chi connectivity index (χ4n) is 4.93. The third kappa shape index (κ3) is 5.61. The van der Waals surface area contributed by atoms with Gasteiger partial charge in [-0.15, -0.1) is 0 Å². The van der Waals surface area contributed by atoms with Gasteiger partial charge in [0.05, 0.1) is 25.1 Å². The number of fused-ring (bicyclic) bond motifs is 2. The number of hydrogen-bond acceptors (Lipinski definition) is 12. The molecule has 0 unspecified atom stereocenters. The van der Waals surface area contributed by atoms with Crippen molar-refractivity contribution >= 4 is 29.4 Å². The fourth-order valence-corrected chi connectivity index (χ4v) is 4.93. The van der Waals surface area contributed by atoms with Crippen molar-refractivity contribution in [3.63, 3.8) is 0 Å². The molecule has 13 heteroatoms. The highest BCUT2D eigenvalue weighted by atomic mass is 16.7. The zero-order chi connectivity index (χ0) is 28.4. The first kappa shape index (κ1) is 28.1. The highest BCUT2D eigenvalue weighted by Crippen LogP contribution is 2.45. The Bertz CT molecular complexity index is 1280. The smallest absolute Gasteiger partial charge is 0.455 e. The lowest BCUT2D eigenvalue weighted by Crippen LogP contribution is -2.45. The lowest BCUT2D eigenvalue weighted by Gasteiger charge is -2.28. The summed E-state index contributed by atoms with van der Waals surface area (Å²) in [4.78, 5) is 42.2. The van der Waals surface area contributed by atoms with Gasteiger partial charge in [0.2, 0.25) is 5.60 Å². The van der Waals surface area contributed by atoms with E-state index in [0.717, 1.165) is 12.8 Å². The second-order valence-electron chi connectivity index (χ2n) is 10.6. The molecule has 2 aromatic rings. The summed E-state index contributed by atoms with van der Waals surface area (Å²) in [7, 11) is 0. The number of nitriles is 1. The molecule has 0 radical (unpaired) electrons. The average molecular weight is 544 g/mol. The van der Waals surface area contributed by atoms with Crippen molar-refractivity contribution in [3.05, 3.63) is 24.2 Å². The summed E-state index contributed by atoms with van der Waals surface area (Å²) in [5.41, 5.74) is 3.79. The van der Waals surface area contributed by atoms with Crippen LogP contribution in [0.2, 0.25) is 0 Å². The van der Waals surface area contributed by atoms with Gasteiger partial charge in [0.1, 0.15) is 30.6 Å². The second kappa shape index (κ2) is 11.1. The Labute approximate surface area is 225 Å². The molecule has 4 heterocycles. The first-order valence-corrected chi connectivity index (χ1v) is 12.9. The summed E-state index contributed by atoms with van der Waals surface area (Å²) in [6.45, 7) is 7.22. The minimum Gasteiger partial charge on any atom is -0.455 e. The van der Waals surface area contributed by atoms with E-state index in [1.807, 2.05) is 13.8 Å². The molecule has 0 aliphatic carbocycles. The summed E-state index contributed by atoms with van der Waals surface area (Å²) in [5.74, 6) is -0.916. The van der Waals surface area contributed by atoms with E-state index in [-0.39, 0.29) is 36.9 Å². The van der Waals surface area contributed by atoms with Gasteiger partial charge >= 0.3 is 18.1 Å². The molecule has 0 amide bonds. The Morgan fingerprint density at radius 2 is 1.90 bits per heavy atom. The number of nitrogen functional groups attached to an aromatic ring is 1. The van der Waals surface area contributed by atoms with Crippen LogP contribution in [-0.2, 0) is 38.9 Å². The maximum Gasteiger partial charge on any atom is 0.508 e. The number of esters is 2. The van der Waals surface area contributed by atoms with Gasteiger partial charge < -0.3 is 29.4 Å². The number of carbonyl (C=O) groups excluding carboxylic acids is 3. The molecule has 2 aromatic heterocycles. The van der Waals surface area contributed by atoms with E-state index in [1.165, 1.54) is 10.8 Å². The number of ether oxygens (including phenoxy) is 5. The molecule has 39 heavy (non-hydrogen) atoms. The third-order valence-corrected chi connectivity index (χ3v) is 7.16. The number of hydrogen-bond donors (Lipinski definition) is 1. The Morgan fingerprint density at radius 1 is 1.21 bits per heavy atom. The van der Waals surface area contributed by atoms with E-state index in [9.17, 15) is 19.6 Å². The largest absolute Gasteiger partial charge is 0.508 e. The predicted octanol–water partition coefficient (Wildman–Crippen LogP) is 2.66. The Kier molecular flexibility index (Phi) is 7.96. The Hall–Kier alpha value is -3.92. The van der Waals surface area contributed by atoms with Gasteiger partial charge in [-0.25, -0.2) is 14.3 Å². The average Bonchev–Trinajstić information content (AvgIpc) is 3.44. The van der Waals surface area contributed by atoms with Gasteiger partial charge in [0.15, 0.2) is 18.0 Å². The molecule has 4 atom stereocenters. The summed E-state index contributed by atoms with van der Waals surface area (Å²) >= 11 is 0. The molecular weight excluding hydrogens is 510 g/mol. The quantitative estimate of drug-likeness (QED) is 0.399. The Morgan fingerprint density at radius 3 is 2.56 bits per heavy atom. The van der Waals surface area contributed by atoms with Gasteiger partial charge in [0, 0.05) is 0 Å². The molecule has 4 rings (SSSR count). The van der Waals surface area contributed by atoms with Crippen LogP contribution in [-0.4, -0.2) is 64.2 Å². The number of aromatic nitrogens is 3. The minimum absolute atomic E-state index is 0.0757. The molecule has 0 bridgehead atoms. The standard InChI is InChI=1S/C26H33N5O8/c1-5-15(6-2)11-35-24(34)36-12-17-21-22(38-20(33)10-25(3,4)9-19(32)37-21)26(13-27,39-17)18-8-7-16-23(28)29-14-30-31(16)18/h7-8,14-15,17,21-22H,5-6,9-12H2,1-4H3,(H2,28,29,30)/t17-,21-,22-,26+/m1/s1. The number of carbonyl (C=O) groups is 3. The maximum atomic E-state index is 13.0. The summed E-state index contributed by atoms with van der Waals surface area (Å²) in [5, 5.41) is 14.7. The molecule has 2 N–H and O–H groups in total. The van der Waals surface area contributed by atoms with E-state index >= 15 is 0 Å². The van der Waals surface area contributed by atoms with Crippen molar-refractivity contribution in [3.8, 4) is 6.07 Å². The van der Waals surface area contributed by atoms with Crippen LogP contribution in [0.15, 0.2) is 18.5 Å². The predicted molar refractivity (Wildman–Crippen MR) is 134 cm³/mol. The van der Waals surface area contributed by atoms with E-state index in [0.29, 0.717) is 5.52 Å². The molecule has 0 saturated carbocycles. The number of rotatable bonds is 7. The highest BCUT2D eigenvalue weighted by molar-refractivity contribution is 5.75. The number of nitrogens with zero attached hydrogens (tertiary/aromatic N) is 4. The highest BCUT2D eigenvalue weighted by Gasteiger charge is 2.63. The third-order valence-electron chi connectivity index (χ3n) is 7.16. The van der Waals surface area contributed by atoms with Gasteiger partial charge in [0.25, 0.3) is 0 Å². The van der Waals surface area contributed by atoms with Crippen LogP contribution in [0.3, 0.4) is 0 Å². The molecule has 0 spiro atoms. The first-order valence-electron chi connectivity index (χ1n) is 12.9. The van der Waals surface area contributed by atoms with Crippen molar-refractivity contribution < 1.29 is 38.1 Å². The van der Waals surface area contributed by atoms with Crippen molar-refractivity contribution in [2.24, 2.45) is 11.3 Å². The van der Waals surface area contributed by atoms with E-state index < -0.39 is 54.0 Å². The van der Waals surface area contributed by atoms with Crippen LogP contribution in [0.25, 0.3) is 5.52 Å². The van der Waals surface area contributed by atoms with Crippen molar-refractivity contribution in [1.82, 2.24) is 14.6 Å². The van der Waals surface area contributed by atoms with Crippen LogP contribution >= 0.6 is 0 Å². The second-order valence-corrected chi connectivity index (χ2v) is 10.6. The normalized spacial score (nSPS) is 26.5. The zero-order valence-corrected chi connectivity index (χ0v) is 22.4. The SMILES string of the molecule is CCC(CC)COC(=O)OC[C@H]1O[C@@](C#N)(c2ccc3c(N)ncnn23)[C@@H]2OC(=O)CC(C)(C)CC(=O)O[C@@H]21. The molecule has 13 nitrogen and oxygen atoms in total. The van der Waals surface area contributed by atoms with Crippen molar-refractivity contribution in [1.29, 1.82) is 5.26 Å². The molecular formula is C26H33N5O8. The molecule has 2 aliphatic heterocycles. The van der Waals surface area contributed by atoms with Crippen LogP contribution in [0.5, 0.6) is 0 Å². The van der Waals surface area contributed by atoms with Crippen LogP contribution in [0.4, 0.5) is 10.6 Å². The van der Waals surface area contributed by atoms with Crippen LogP contribution < -0.4 is 5.73 Å². The summed E-state index contributed by atoms with van der Waals surface area (Å²) < 4.78 is 29.6. The molecule has 0 aromatic carbocycles. The molecule has 2 aliphatic rings. The van der Waals surface area contributed by atoms with Crippen LogP contribution in [0.1, 0.15) is 59.1 Å². The molecule has 2 fully saturated rings. The number of nitrogens with two attached hydrogens (primary N) is 1. The van der Waals surface area contributed by atoms with Gasteiger partial charge in [-0.2, -0.15) is 10.4 Å². The monoisotopic (exact) mass is 543 g/mol. The van der Waals surface area contributed by atoms with Crippen molar-refractivity contribution in [2.75, 3.05) is 18.9 Å². The number of anilines is 1. The lowest BCUT2D eigenvalue weighted by atomic mass is 9.86. The maximum absolute atomic E-state index is 13.0. The van der Waals surface area contributed by atoms with Gasteiger partial charge in [-0.05, 0) is 23.5 Å². The van der Waals surface area contributed by atoms with Crippen molar-refractivity contribution in [2.45, 2.75) is 77.3 Å². The minimum atomic E-state index is -1.99. The summed E-state index contributed by atoms with van der Waals surface area (Å²) in [6, 6.07) is 5.24. The first-order chi connectivity index (χ1) is 18.5. The van der Waals surface area contributed by atoms with Gasteiger partial charge in [-0.3, -0.25) is 9.59 Å². The summed E-state index contributed by atoms with van der Waals surface area (Å²) in [6.07, 6.45) is -2.08. The van der Waals surface area contributed by atoms with E-state index in [1.54, 1.807) is 26.0 Å². The Balaban J connectivity index is 1.70. The van der Waals surface area contributed by atoms with Crippen LogP contribution in [0, 0.1) is 22.7 Å². The topological polar surface area (TPSA) is 177 Å². The fraction of sp³-hybridized carbons (Fsp3) is 0.615. The van der Waals surface area contributed by atoms with E-state index in [4.69, 9.17) is 29.4 Å². The van der Waals surface area contributed by atoms with Gasteiger partial charge in [-0.1, -0.05) is 40.5 Å². The molecule has 210 valence electrons. The molecule has 2 saturated heterocycles. The van der Waals surface area contributed by atoms with E-state index in [2.05, 4.69) is 16.2 Å². The zero-order valence-electron chi connectivity index (χ0n) is 22.4.